The molecule has 0 aliphatic heterocycles. The minimum Gasteiger partial charge on any atom is -0.493 e. The van der Waals surface area contributed by atoms with Gasteiger partial charge in [0.15, 0.2) is 0 Å². The van der Waals surface area contributed by atoms with Crippen molar-refractivity contribution in [1.29, 1.82) is 0 Å². The van der Waals surface area contributed by atoms with Crippen LogP contribution in [0.4, 0.5) is 0 Å². The fourth-order valence-electron chi connectivity index (χ4n) is 1.46. The van der Waals surface area contributed by atoms with Gasteiger partial charge in [0.1, 0.15) is 6.33 Å². The van der Waals surface area contributed by atoms with Crippen LogP contribution in [0.1, 0.15) is 5.69 Å². The van der Waals surface area contributed by atoms with Crippen molar-refractivity contribution >= 4 is 5.78 Å². The van der Waals surface area contributed by atoms with Crippen molar-refractivity contribution in [3.8, 4) is 5.88 Å². The monoisotopic (exact) mass is 268 g/mol. The highest BCUT2D eigenvalue weighted by Crippen LogP contribution is 2.11. The topological polar surface area (TPSA) is 91.0 Å². The number of nitrogens with zero attached hydrogens (tertiary/aromatic N) is 4. The molecule has 2 heterocycles. The molecule has 0 aliphatic rings. The fourth-order valence-corrected chi connectivity index (χ4v) is 1.46. The Morgan fingerprint density at radius 2 is 2.00 bits per heavy atom. The van der Waals surface area contributed by atoms with Crippen molar-refractivity contribution in [3.63, 3.8) is 0 Å². The second kappa shape index (κ2) is 6.98. The van der Waals surface area contributed by atoms with E-state index >= 15 is 0 Å². The van der Waals surface area contributed by atoms with E-state index in [-0.39, 0.29) is 12.5 Å². The number of aromatic nitrogens is 4. The molecule has 0 atom stereocenters. The maximum atomic E-state index is 9.67. The molecule has 0 aliphatic carbocycles. The Labute approximate surface area is 110 Å². The summed E-state index contributed by atoms with van der Waals surface area (Å²) in [6.07, 6.45) is 1.33. The van der Waals surface area contributed by atoms with Gasteiger partial charge >= 0.3 is 0 Å². The summed E-state index contributed by atoms with van der Waals surface area (Å²) in [7, 11) is 1.62. The molecule has 8 nitrogen and oxygen atoms in total. The third-order valence-corrected chi connectivity index (χ3v) is 2.34. The molecule has 0 bridgehead atoms. The van der Waals surface area contributed by atoms with Crippen LogP contribution in [0.5, 0.6) is 5.88 Å². The lowest BCUT2D eigenvalue weighted by atomic mass is 10.4. The first-order valence-electron chi connectivity index (χ1n) is 5.84. The van der Waals surface area contributed by atoms with Gasteiger partial charge in [-0.05, 0) is 0 Å². The van der Waals surface area contributed by atoms with Crippen LogP contribution in [-0.4, -0.2) is 58.2 Å². The smallest absolute Gasteiger partial charge is 0.255 e. The van der Waals surface area contributed by atoms with Gasteiger partial charge in [0.05, 0.1) is 38.7 Å². The van der Waals surface area contributed by atoms with Crippen molar-refractivity contribution in [2.24, 2.45) is 0 Å². The molecule has 0 aromatic carbocycles. The highest BCUT2D eigenvalue weighted by molar-refractivity contribution is 5.32. The van der Waals surface area contributed by atoms with Crippen LogP contribution in [0.15, 0.2) is 12.4 Å². The van der Waals surface area contributed by atoms with Crippen LogP contribution < -0.4 is 0 Å². The van der Waals surface area contributed by atoms with E-state index in [1.807, 2.05) is 0 Å². The summed E-state index contributed by atoms with van der Waals surface area (Å²) in [4.78, 5) is 8.09. The summed E-state index contributed by atoms with van der Waals surface area (Å²) in [5.41, 5.74) is 0.592. The molecule has 2 rings (SSSR count). The fraction of sp³-hybridized carbons (Fsp3) is 0.545. The number of hydrogen-bond acceptors (Lipinski definition) is 7. The van der Waals surface area contributed by atoms with E-state index in [4.69, 9.17) is 14.2 Å². The molecule has 104 valence electrons. The molecular weight excluding hydrogens is 252 g/mol. The highest BCUT2D eigenvalue weighted by Gasteiger charge is 2.06. The van der Waals surface area contributed by atoms with Crippen molar-refractivity contribution < 1.29 is 19.3 Å². The molecule has 0 spiro atoms. The van der Waals surface area contributed by atoms with Gasteiger partial charge in [-0.1, -0.05) is 0 Å². The summed E-state index contributed by atoms with van der Waals surface area (Å²) < 4.78 is 16.7. The second-order valence-corrected chi connectivity index (χ2v) is 3.74. The zero-order valence-electron chi connectivity index (χ0n) is 10.7. The van der Waals surface area contributed by atoms with Crippen LogP contribution in [0, 0.1) is 0 Å². The van der Waals surface area contributed by atoms with E-state index in [1.54, 1.807) is 7.11 Å². The lowest BCUT2D eigenvalue weighted by Crippen LogP contribution is -2.09. The molecule has 0 amide bonds. The SMILES string of the molecule is COCCOCCOCc1cc(O)n2ncnc2n1. The standard InChI is InChI=1S/C11H16N4O4/c1-17-2-3-18-4-5-19-7-9-6-10(16)15-11(14-9)12-8-13-15/h6,8,16H,2-5,7H2,1H3. The number of methoxy groups -OCH3 is 1. The van der Waals surface area contributed by atoms with Gasteiger partial charge < -0.3 is 19.3 Å². The van der Waals surface area contributed by atoms with Gasteiger partial charge in [-0.25, -0.2) is 4.98 Å². The molecule has 0 saturated heterocycles. The molecule has 2 aromatic heterocycles. The van der Waals surface area contributed by atoms with Crippen LogP contribution >= 0.6 is 0 Å². The van der Waals surface area contributed by atoms with Gasteiger partial charge in [0.2, 0.25) is 5.88 Å². The summed E-state index contributed by atoms with van der Waals surface area (Å²) >= 11 is 0. The molecule has 0 unspecified atom stereocenters. The molecule has 8 heteroatoms. The maximum absolute atomic E-state index is 9.67. The number of ether oxygens (including phenoxy) is 3. The summed E-state index contributed by atoms with van der Waals surface area (Å²) in [5, 5.41) is 13.5. The average molecular weight is 268 g/mol. The Bertz CT molecular complexity index is 516. The number of fused-ring (bicyclic) bond motifs is 1. The van der Waals surface area contributed by atoms with Gasteiger partial charge in [0.25, 0.3) is 5.78 Å². The Kier molecular flexibility index (Phi) is 5.01. The van der Waals surface area contributed by atoms with Crippen molar-refractivity contribution in [3.05, 3.63) is 18.1 Å². The van der Waals surface area contributed by atoms with Gasteiger partial charge in [0, 0.05) is 13.2 Å². The van der Waals surface area contributed by atoms with Gasteiger partial charge in [-0.2, -0.15) is 14.6 Å². The van der Waals surface area contributed by atoms with E-state index in [1.165, 1.54) is 16.9 Å². The number of aromatic hydroxyl groups is 1. The third-order valence-electron chi connectivity index (χ3n) is 2.34. The average Bonchev–Trinajstić information content (AvgIpc) is 2.86. The second-order valence-electron chi connectivity index (χ2n) is 3.74. The Morgan fingerprint density at radius 1 is 1.21 bits per heavy atom. The summed E-state index contributed by atoms with van der Waals surface area (Å²) in [6, 6.07) is 1.49. The normalized spacial score (nSPS) is 11.2. The summed E-state index contributed by atoms with van der Waals surface area (Å²) in [6.45, 7) is 2.33. The minimum atomic E-state index is -0.0163. The van der Waals surface area contributed by atoms with E-state index in [0.717, 1.165) is 0 Å². The van der Waals surface area contributed by atoms with Crippen molar-refractivity contribution in [2.75, 3.05) is 33.5 Å². The first kappa shape index (κ1) is 13.7. The minimum absolute atomic E-state index is 0.0163. The predicted octanol–water partition coefficient (Wildman–Crippen LogP) is 0.00950. The predicted molar refractivity (Wildman–Crippen MR) is 64.8 cm³/mol. The first-order chi connectivity index (χ1) is 9.31. The van der Waals surface area contributed by atoms with E-state index in [0.29, 0.717) is 37.9 Å². The number of hydrogen-bond donors (Lipinski definition) is 1. The maximum Gasteiger partial charge on any atom is 0.255 e. The molecule has 0 saturated carbocycles. The van der Waals surface area contributed by atoms with Crippen LogP contribution in [0.3, 0.4) is 0 Å². The highest BCUT2D eigenvalue weighted by atomic mass is 16.5. The molecular formula is C11H16N4O4. The first-order valence-corrected chi connectivity index (χ1v) is 5.84. The molecule has 0 radical (unpaired) electrons. The van der Waals surface area contributed by atoms with E-state index in [2.05, 4.69) is 15.1 Å². The van der Waals surface area contributed by atoms with Crippen LogP contribution in [-0.2, 0) is 20.8 Å². The van der Waals surface area contributed by atoms with Crippen molar-refractivity contribution in [1.82, 2.24) is 19.6 Å². The van der Waals surface area contributed by atoms with Crippen LogP contribution in [0.2, 0.25) is 0 Å². The molecule has 1 N–H and O–H groups in total. The lowest BCUT2D eigenvalue weighted by molar-refractivity contribution is 0.0192. The zero-order valence-corrected chi connectivity index (χ0v) is 10.7. The van der Waals surface area contributed by atoms with Crippen LogP contribution in [0.25, 0.3) is 5.78 Å². The van der Waals surface area contributed by atoms with Crippen molar-refractivity contribution in [2.45, 2.75) is 6.61 Å². The molecule has 19 heavy (non-hydrogen) atoms. The molecule has 0 fully saturated rings. The quantitative estimate of drug-likeness (QED) is 0.674. The van der Waals surface area contributed by atoms with E-state index < -0.39 is 0 Å². The third kappa shape index (κ3) is 3.85. The Balaban J connectivity index is 1.75. The zero-order chi connectivity index (χ0) is 13.5. The Morgan fingerprint density at radius 3 is 2.84 bits per heavy atom. The van der Waals surface area contributed by atoms with Gasteiger partial charge in [-0.15, -0.1) is 0 Å². The van der Waals surface area contributed by atoms with Gasteiger partial charge in [-0.3, -0.25) is 0 Å². The number of rotatable bonds is 8. The Hall–Kier alpha value is -1.77. The lowest BCUT2D eigenvalue weighted by Gasteiger charge is -2.06. The van der Waals surface area contributed by atoms with E-state index in [9.17, 15) is 5.11 Å². The molecule has 2 aromatic rings. The largest absolute Gasteiger partial charge is 0.493 e. The summed E-state index contributed by atoms with van der Waals surface area (Å²) in [5.74, 6) is 0.326.